The lowest BCUT2D eigenvalue weighted by atomic mass is 10.1. The fraction of sp³-hybridized carbons (Fsp3) is 0.318. The molecule has 1 aliphatic rings. The minimum atomic E-state index is -0.571. The minimum Gasteiger partial charge on any atom is -0.455 e. The Balaban J connectivity index is 1.56. The summed E-state index contributed by atoms with van der Waals surface area (Å²) in [6.07, 6.45) is 0.0895. The molecule has 1 aliphatic heterocycles. The summed E-state index contributed by atoms with van der Waals surface area (Å²) in [5.41, 5.74) is 4.55. The van der Waals surface area contributed by atoms with E-state index in [9.17, 15) is 14.4 Å². The first kappa shape index (κ1) is 19.6. The second-order valence-electron chi connectivity index (χ2n) is 7.17. The highest BCUT2D eigenvalue weighted by Crippen LogP contribution is 2.31. The summed E-state index contributed by atoms with van der Waals surface area (Å²) in [4.78, 5) is 38.4. The molecule has 0 unspecified atom stereocenters. The molecule has 1 N–H and O–H groups in total. The number of ether oxygens (including phenoxy) is 1. The van der Waals surface area contributed by atoms with E-state index in [-0.39, 0.29) is 25.5 Å². The van der Waals surface area contributed by atoms with Gasteiger partial charge in [0.25, 0.3) is 5.91 Å². The van der Waals surface area contributed by atoms with Crippen molar-refractivity contribution in [2.75, 3.05) is 23.4 Å². The van der Waals surface area contributed by atoms with Crippen molar-refractivity contribution in [1.82, 2.24) is 0 Å². The first-order valence-electron chi connectivity index (χ1n) is 9.25. The fourth-order valence-corrected chi connectivity index (χ4v) is 3.40. The maximum absolute atomic E-state index is 12.4. The van der Waals surface area contributed by atoms with Gasteiger partial charge in [0.2, 0.25) is 5.91 Å². The first-order chi connectivity index (χ1) is 13.3. The zero-order chi connectivity index (χ0) is 20.3. The molecule has 3 rings (SSSR count). The van der Waals surface area contributed by atoms with Gasteiger partial charge in [-0.05, 0) is 44.0 Å². The molecule has 1 saturated heterocycles. The molecule has 0 aliphatic carbocycles. The summed E-state index contributed by atoms with van der Waals surface area (Å²) >= 11 is 0. The number of esters is 1. The van der Waals surface area contributed by atoms with Crippen LogP contribution in [0.4, 0.5) is 11.4 Å². The van der Waals surface area contributed by atoms with Crippen LogP contribution in [0, 0.1) is 26.7 Å². The van der Waals surface area contributed by atoms with Crippen molar-refractivity contribution in [2.24, 2.45) is 5.92 Å². The molecule has 146 valence electrons. The number of hydrogen-bond acceptors (Lipinski definition) is 4. The van der Waals surface area contributed by atoms with Gasteiger partial charge in [0.15, 0.2) is 6.61 Å². The number of rotatable bonds is 5. The van der Waals surface area contributed by atoms with Gasteiger partial charge in [-0.25, -0.2) is 0 Å². The van der Waals surface area contributed by atoms with Crippen LogP contribution in [-0.2, 0) is 19.1 Å². The van der Waals surface area contributed by atoms with Gasteiger partial charge in [-0.1, -0.05) is 35.9 Å². The summed E-state index contributed by atoms with van der Waals surface area (Å²) in [6.45, 7) is 5.73. The number of nitrogens with one attached hydrogen (secondary N) is 1. The zero-order valence-corrected chi connectivity index (χ0v) is 16.3. The lowest BCUT2D eigenvalue weighted by Crippen LogP contribution is -2.29. The van der Waals surface area contributed by atoms with E-state index in [1.54, 1.807) is 17.0 Å². The quantitative estimate of drug-likeness (QED) is 0.809. The maximum atomic E-state index is 12.4. The molecule has 0 bridgehead atoms. The predicted molar refractivity (Wildman–Crippen MR) is 107 cm³/mol. The number of benzene rings is 2. The Hall–Kier alpha value is -3.15. The predicted octanol–water partition coefficient (Wildman–Crippen LogP) is 3.15. The van der Waals surface area contributed by atoms with Crippen LogP contribution in [0.15, 0.2) is 42.5 Å². The molecule has 0 aromatic heterocycles. The molecule has 1 heterocycles. The molecule has 1 atom stereocenters. The molecule has 2 aromatic carbocycles. The zero-order valence-electron chi connectivity index (χ0n) is 16.3. The molecule has 6 heteroatoms. The van der Waals surface area contributed by atoms with Gasteiger partial charge < -0.3 is 15.0 Å². The highest BCUT2D eigenvalue weighted by molar-refractivity contribution is 6.01. The van der Waals surface area contributed by atoms with Crippen molar-refractivity contribution in [2.45, 2.75) is 27.2 Å². The van der Waals surface area contributed by atoms with E-state index >= 15 is 0 Å². The normalized spacial score (nSPS) is 16.2. The molecule has 2 amide bonds. The smallest absolute Gasteiger partial charge is 0.311 e. The van der Waals surface area contributed by atoms with E-state index in [1.165, 1.54) is 0 Å². The topological polar surface area (TPSA) is 75.7 Å². The number of aryl methyl sites for hydroxylation is 3. The third-order valence-corrected chi connectivity index (χ3v) is 4.85. The number of carbonyl (C=O) groups is 3. The van der Waals surface area contributed by atoms with Crippen molar-refractivity contribution < 1.29 is 19.1 Å². The van der Waals surface area contributed by atoms with Gasteiger partial charge in [0.1, 0.15) is 0 Å². The lowest BCUT2D eigenvalue weighted by Gasteiger charge is -2.21. The molecule has 0 saturated carbocycles. The number of anilines is 2. The molecule has 2 aromatic rings. The summed E-state index contributed by atoms with van der Waals surface area (Å²) < 4.78 is 5.15. The van der Waals surface area contributed by atoms with Crippen LogP contribution < -0.4 is 10.2 Å². The number of nitrogens with zero attached hydrogens (tertiary/aromatic N) is 1. The number of carbonyl (C=O) groups excluding carboxylic acids is 3. The molecule has 1 fully saturated rings. The summed E-state index contributed by atoms with van der Waals surface area (Å²) in [5, 5.41) is 2.68. The average molecular weight is 380 g/mol. The highest BCUT2D eigenvalue weighted by Gasteiger charge is 2.37. The Morgan fingerprint density at radius 1 is 1.07 bits per heavy atom. The molecule has 0 spiro atoms. The number of amides is 2. The van der Waals surface area contributed by atoms with Crippen molar-refractivity contribution in [3.05, 3.63) is 59.2 Å². The van der Waals surface area contributed by atoms with Gasteiger partial charge in [-0.3, -0.25) is 14.4 Å². The van der Waals surface area contributed by atoms with E-state index in [0.717, 1.165) is 22.4 Å². The standard InChI is InChI=1S/C22H24N2O4/c1-14-7-9-18(10-8-14)23-19(25)13-28-22(27)17-11-20(26)24(12-17)21-15(2)5-4-6-16(21)3/h4-10,17H,11-13H2,1-3H3,(H,23,25)/t17-/m0/s1. The van der Waals surface area contributed by atoms with E-state index in [2.05, 4.69) is 5.32 Å². The van der Waals surface area contributed by atoms with Crippen LogP contribution in [0.1, 0.15) is 23.1 Å². The Morgan fingerprint density at radius 2 is 1.71 bits per heavy atom. The van der Waals surface area contributed by atoms with Gasteiger partial charge in [-0.2, -0.15) is 0 Å². The summed E-state index contributed by atoms with van der Waals surface area (Å²) in [6, 6.07) is 13.2. The fourth-order valence-electron chi connectivity index (χ4n) is 3.40. The van der Waals surface area contributed by atoms with Crippen LogP contribution in [0.25, 0.3) is 0 Å². The lowest BCUT2D eigenvalue weighted by molar-refractivity contribution is -0.151. The Bertz CT molecular complexity index is 885. The van der Waals surface area contributed by atoms with Crippen molar-refractivity contribution in [3.8, 4) is 0 Å². The van der Waals surface area contributed by atoms with Gasteiger partial charge in [-0.15, -0.1) is 0 Å². The van der Waals surface area contributed by atoms with Crippen molar-refractivity contribution in [3.63, 3.8) is 0 Å². The monoisotopic (exact) mass is 380 g/mol. The maximum Gasteiger partial charge on any atom is 0.311 e. The van der Waals surface area contributed by atoms with Gasteiger partial charge in [0, 0.05) is 24.3 Å². The molecular weight excluding hydrogens is 356 g/mol. The summed E-state index contributed by atoms with van der Waals surface area (Å²) in [5.74, 6) is -1.61. The third kappa shape index (κ3) is 4.39. The van der Waals surface area contributed by atoms with E-state index < -0.39 is 17.8 Å². The molecular formula is C22H24N2O4. The van der Waals surface area contributed by atoms with Crippen molar-refractivity contribution in [1.29, 1.82) is 0 Å². The molecule has 6 nitrogen and oxygen atoms in total. The number of para-hydroxylation sites is 1. The first-order valence-corrected chi connectivity index (χ1v) is 9.25. The SMILES string of the molecule is Cc1ccc(NC(=O)COC(=O)[C@H]2CC(=O)N(c3c(C)cccc3C)C2)cc1. The van der Waals surface area contributed by atoms with E-state index in [1.807, 2.05) is 51.1 Å². The second kappa shape index (κ2) is 8.25. The highest BCUT2D eigenvalue weighted by atomic mass is 16.5. The van der Waals surface area contributed by atoms with Crippen LogP contribution in [-0.4, -0.2) is 30.9 Å². The summed E-state index contributed by atoms with van der Waals surface area (Å²) in [7, 11) is 0. The van der Waals surface area contributed by atoms with E-state index in [4.69, 9.17) is 4.74 Å². The van der Waals surface area contributed by atoms with E-state index in [0.29, 0.717) is 5.69 Å². The van der Waals surface area contributed by atoms with Crippen LogP contribution >= 0.6 is 0 Å². The average Bonchev–Trinajstić information content (AvgIpc) is 3.03. The molecule has 28 heavy (non-hydrogen) atoms. The number of hydrogen-bond donors (Lipinski definition) is 1. The van der Waals surface area contributed by atoms with Crippen LogP contribution in [0.2, 0.25) is 0 Å². The van der Waals surface area contributed by atoms with Gasteiger partial charge >= 0.3 is 5.97 Å². The van der Waals surface area contributed by atoms with Crippen LogP contribution in [0.5, 0.6) is 0 Å². The van der Waals surface area contributed by atoms with Crippen LogP contribution in [0.3, 0.4) is 0 Å². The van der Waals surface area contributed by atoms with Gasteiger partial charge in [0.05, 0.1) is 5.92 Å². The Morgan fingerprint density at radius 3 is 2.36 bits per heavy atom. The molecule has 0 radical (unpaired) electrons. The largest absolute Gasteiger partial charge is 0.455 e. The Labute approximate surface area is 164 Å². The second-order valence-corrected chi connectivity index (χ2v) is 7.17. The Kier molecular flexibility index (Phi) is 5.78. The minimum absolute atomic E-state index is 0.0895. The van der Waals surface area contributed by atoms with Crippen molar-refractivity contribution >= 4 is 29.2 Å². The third-order valence-electron chi connectivity index (χ3n) is 4.85.